The lowest BCUT2D eigenvalue weighted by Crippen LogP contribution is -2.44. The average Bonchev–Trinajstić information content (AvgIpc) is 2.66. The lowest BCUT2D eigenvalue weighted by Gasteiger charge is -2.31. The van der Waals surface area contributed by atoms with Gasteiger partial charge in [-0.05, 0) is 30.9 Å². The molecule has 0 bridgehead atoms. The standard InChI is InChI=1S/C9H14N4O3/c14-9(2-4-10-5-3-9)7-12-6-1-8(11-12)13(15)16/h1,6,10,14H,2-5,7H2. The molecule has 7 nitrogen and oxygen atoms in total. The van der Waals surface area contributed by atoms with E-state index in [1.165, 1.54) is 16.9 Å². The summed E-state index contributed by atoms with van der Waals surface area (Å²) >= 11 is 0. The molecule has 0 radical (unpaired) electrons. The number of hydrogen-bond donors (Lipinski definition) is 2. The maximum atomic E-state index is 10.4. The van der Waals surface area contributed by atoms with E-state index in [0.717, 1.165) is 13.1 Å². The molecule has 16 heavy (non-hydrogen) atoms. The van der Waals surface area contributed by atoms with Crippen LogP contribution in [-0.4, -0.2) is 38.5 Å². The number of nitrogens with zero attached hydrogens (tertiary/aromatic N) is 3. The Kier molecular flexibility index (Phi) is 2.88. The molecule has 0 spiro atoms. The predicted molar refractivity (Wildman–Crippen MR) is 55.9 cm³/mol. The molecule has 7 heteroatoms. The van der Waals surface area contributed by atoms with Crippen LogP contribution in [0.3, 0.4) is 0 Å². The fraction of sp³-hybridized carbons (Fsp3) is 0.667. The first-order valence-corrected chi connectivity index (χ1v) is 5.20. The molecule has 1 fully saturated rings. The molecular weight excluding hydrogens is 212 g/mol. The molecule has 0 unspecified atom stereocenters. The second-order valence-corrected chi connectivity index (χ2v) is 4.10. The highest BCUT2D eigenvalue weighted by molar-refractivity contribution is 5.14. The van der Waals surface area contributed by atoms with Crippen molar-refractivity contribution in [3.8, 4) is 0 Å². The van der Waals surface area contributed by atoms with E-state index >= 15 is 0 Å². The van der Waals surface area contributed by atoms with Gasteiger partial charge in [0.1, 0.15) is 0 Å². The van der Waals surface area contributed by atoms with Gasteiger partial charge in [-0.3, -0.25) is 0 Å². The zero-order valence-corrected chi connectivity index (χ0v) is 8.80. The van der Waals surface area contributed by atoms with Gasteiger partial charge in [-0.2, -0.15) is 4.68 Å². The summed E-state index contributed by atoms with van der Waals surface area (Å²) in [6, 6.07) is 1.34. The van der Waals surface area contributed by atoms with Crippen molar-refractivity contribution >= 4 is 5.82 Å². The Balaban J connectivity index is 2.04. The molecule has 0 aliphatic carbocycles. The number of aliphatic hydroxyl groups is 1. The third-order valence-corrected chi connectivity index (χ3v) is 2.80. The van der Waals surface area contributed by atoms with Crippen LogP contribution in [0.2, 0.25) is 0 Å². The van der Waals surface area contributed by atoms with E-state index in [0.29, 0.717) is 19.4 Å². The zero-order valence-electron chi connectivity index (χ0n) is 8.80. The fourth-order valence-corrected chi connectivity index (χ4v) is 1.89. The van der Waals surface area contributed by atoms with Crippen molar-refractivity contribution in [1.29, 1.82) is 0 Å². The third kappa shape index (κ3) is 2.37. The molecule has 0 saturated carbocycles. The van der Waals surface area contributed by atoms with Crippen molar-refractivity contribution in [2.45, 2.75) is 25.0 Å². The van der Waals surface area contributed by atoms with Gasteiger partial charge in [0.2, 0.25) is 0 Å². The van der Waals surface area contributed by atoms with Gasteiger partial charge < -0.3 is 20.5 Å². The molecule has 1 aliphatic rings. The smallest absolute Gasteiger partial charge is 0.388 e. The summed E-state index contributed by atoms with van der Waals surface area (Å²) in [5, 5.41) is 27.6. The van der Waals surface area contributed by atoms with Crippen molar-refractivity contribution in [1.82, 2.24) is 15.1 Å². The minimum absolute atomic E-state index is 0.183. The van der Waals surface area contributed by atoms with Crippen LogP contribution >= 0.6 is 0 Å². The minimum Gasteiger partial charge on any atom is -0.388 e. The van der Waals surface area contributed by atoms with E-state index in [9.17, 15) is 15.2 Å². The Morgan fingerprint density at radius 1 is 1.62 bits per heavy atom. The summed E-state index contributed by atoms with van der Waals surface area (Å²) < 4.78 is 1.43. The summed E-state index contributed by atoms with van der Waals surface area (Å²) in [7, 11) is 0. The van der Waals surface area contributed by atoms with Crippen molar-refractivity contribution in [2.24, 2.45) is 0 Å². The van der Waals surface area contributed by atoms with Gasteiger partial charge in [-0.15, -0.1) is 0 Å². The number of aromatic nitrogens is 2. The first-order valence-electron chi connectivity index (χ1n) is 5.20. The molecule has 1 aliphatic heterocycles. The van der Waals surface area contributed by atoms with Crippen LogP contribution in [0.25, 0.3) is 0 Å². The quantitative estimate of drug-likeness (QED) is 0.554. The number of rotatable bonds is 3. The van der Waals surface area contributed by atoms with Crippen molar-refractivity contribution < 1.29 is 10.0 Å². The zero-order chi connectivity index (χ0) is 11.6. The van der Waals surface area contributed by atoms with Gasteiger partial charge in [-0.1, -0.05) is 0 Å². The Hall–Kier alpha value is -1.47. The fourth-order valence-electron chi connectivity index (χ4n) is 1.89. The summed E-state index contributed by atoms with van der Waals surface area (Å²) in [5.41, 5.74) is -0.800. The molecule has 1 aromatic heterocycles. The minimum atomic E-state index is -0.800. The van der Waals surface area contributed by atoms with E-state index in [-0.39, 0.29) is 5.82 Å². The molecular formula is C9H14N4O3. The molecule has 2 N–H and O–H groups in total. The summed E-state index contributed by atoms with van der Waals surface area (Å²) in [4.78, 5) is 9.90. The predicted octanol–water partition coefficient (Wildman–Crippen LogP) is -0.0942. The van der Waals surface area contributed by atoms with Crippen molar-refractivity contribution in [3.63, 3.8) is 0 Å². The highest BCUT2D eigenvalue weighted by atomic mass is 16.6. The number of nitrogens with one attached hydrogen (secondary N) is 1. The Morgan fingerprint density at radius 2 is 2.31 bits per heavy atom. The second kappa shape index (κ2) is 4.18. The van der Waals surface area contributed by atoms with Crippen LogP contribution in [0.4, 0.5) is 5.82 Å². The Morgan fingerprint density at radius 3 is 2.88 bits per heavy atom. The molecule has 0 aromatic carbocycles. The number of piperidine rings is 1. The van der Waals surface area contributed by atoms with Gasteiger partial charge in [0, 0.05) is 0 Å². The Labute approximate surface area is 92.2 Å². The molecule has 0 atom stereocenters. The third-order valence-electron chi connectivity index (χ3n) is 2.80. The molecule has 88 valence electrons. The molecule has 1 aromatic rings. The number of hydrogen-bond acceptors (Lipinski definition) is 5. The van der Waals surface area contributed by atoms with E-state index < -0.39 is 10.5 Å². The summed E-state index contributed by atoms with van der Waals surface area (Å²) in [6.07, 6.45) is 2.81. The van der Waals surface area contributed by atoms with E-state index in [2.05, 4.69) is 10.4 Å². The normalized spacial score (nSPS) is 19.6. The highest BCUT2D eigenvalue weighted by Crippen LogP contribution is 2.20. The monoisotopic (exact) mass is 226 g/mol. The van der Waals surface area contributed by atoms with Crippen LogP contribution in [-0.2, 0) is 6.54 Å². The maximum Gasteiger partial charge on any atom is 0.389 e. The van der Waals surface area contributed by atoms with E-state index in [1.54, 1.807) is 0 Å². The molecule has 1 saturated heterocycles. The lowest BCUT2D eigenvalue weighted by molar-refractivity contribution is -0.389. The van der Waals surface area contributed by atoms with Gasteiger partial charge >= 0.3 is 5.82 Å². The van der Waals surface area contributed by atoms with Crippen molar-refractivity contribution in [2.75, 3.05) is 13.1 Å². The first-order chi connectivity index (χ1) is 7.59. The lowest BCUT2D eigenvalue weighted by atomic mass is 9.92. The first kappa shape index (κ1) is 11.0. The van der Waals surface area contributed by atoms with Crippen LogP contribution in [0, 0.1) is 10.1 Å². The average molecular weight is 226 g/mol. The summed E-state index contributed by atoms with van der Waals surface area (Å²) in [6.45, 7) is 1.84. The van der Waals surface area contributed by atoms with Gasteiger partial charge in [-0.25, -0.2) is 0 Å². The maximum absolute atomic E-state index is 10.4. The SMILES string of the molecule is O=[N+]([O-])c1ccn(CC2(O)CCNCC2)n1. The van der Waals surface area contributed by atoms with Gasteiger partial charge in [0.15, 0.2) is 0 Å². The molecule has 2 rings (SSSR count). The second-order valence-electron chi connectivity index (χ2n) is 4.10. The van der Waals surface area contributed by atoms with Crippen LogP contribution in [0.15, 0.2) is 12.3 Å². The highest BCUT2D eigenvalue weighted by Gasteiger charge is 2.31. The van der Waals surface area contributed by atoms with Crippen LogP contribution in [0.1, 0.15) is 12.8 Å². The van der Waals surface area contributed by atoms with Crippen molar-refractivity contribution in [3.05, 3.63) is 22.4 Å². The Bertz CT molecular complexity index is 384. The van der Waals surface area contributed by atoms with E-state index in [4.69, 9.17) is 0 Å². The van der Waals surface area contributed by atoms with Crippen LogP contribution in [0.5, 0.6) is 0 Å². The topological polar surface area (TPSA) is 93.2 Å². The molecule has 2 heterocycles. The molecule has 0 amide bonds. The van der Waals surface area contributed by atoms with Gasteiger partial charge in [0.25, 0.3) is 0 Å². The van der Waals surface area contributed by atoms with Gasteiger partial charge in [0.05, 0.1) is 29.5 Å². The van der Waals surface area contributed by atoms with Crippen LogP contribution < -0.4 is 5.32 Å². The summed E-state index contributed by atoms with van der Waals surface area (Å²) in [5.74, 6) is -0.183. The van der Waals surface area contributed by atoms with E-state index in [1.807, 2.05) is 0 Å². The number of nitro groups is 1. The largest absolute Gasteiger partial charge is 0.389 e.